The second-order valence-electron chi connectivity index (χ2n) is 3.42. The third-order valence-electron chi connectivity index (χ3n) is 2.27. The molecule has 1 heterocycles. The molecule has 5 heteroatoms. The summed E-state index contributed by atoms with van der Waals surface area (Å²) >= 11 is 5.72. The summed E-state index contributed by atoms with van der Waals surface area (Å²) in [6.45, 7) is 0. The molecule has 0 spiro atoms. The van der Waals surface area contributed by atoms with E-state index in [2.05, 4.69) is 4.98 Å². The van der Waals surface area contributed by atoms with Crippen LogP contribution >= 0.6 is 11.6 Å². The van der Waals surface area contributed by atoms with E-state index in [1.807, 2.05) is 0 Å². The van der Waals surface area contributed by atoms with Gasteiger partial charge in [0.05, 0.1) is 11.1 Å². The highest BCUT2D eigenvalue weighted by Gasteiger charge is 2.16. The van der Waals surface area contributed by atoms with Crippen molar-refractivity contribution in [2.75, 3.05) is 5.73 Å². The Morgan fingerprint density at radius 1 is 1.29 bits per heavy atom. The number of nitrogen functional groups attached to an aromatic ring is 1. The summed E-state index contributed by atoms with van der Waals surface area (Å²) in [5.41, 5.74) is 5.93. The largest absolute Gasteiger partial charge is 0.398 e. The van der Waals surface area contributed by atoms with Crippen molar-refractivity contribution in [1.29, 1.82) is 0 Å². The van der Waals surface area contributed by atoms with E-state index in [1.165, 1.54) is 30.6 Å². The van der Waals surface area contributed by atoms with E-state index in [4.69, 9.17) is 17.3 Å². The molecule has 0 atom stereocenters. The summed E-state index contributed by atoms with van der Waals surface area (Å²) in [5, 5.41) is 0.289. The van der Waals surface area contributed by atoms with Crippen LogP contribution in [0, 0.1) is 5.82 Å². The second-order valence-corrected chi connectivity index (χ2v) is 3.85. The van der Waals surface area contributed by atoms with Crippen molar-refractivity contribution in [3.05, 3.63) is 58.6 Å². The van der Waals surface area contributed by atoms with E-state index in [0.717, 1.165) is 6.07 Å². The Labute approximate surface area is 102 Å². The van der Waals surface area contributed by atoms with Gasteiger partial charge in [0.25, 0.3) is 0 Å². The van der Waals surface area contributed by atoms with E-state index < -0.39 is 11.6 Å². The number of hydrogen-bond donors (Lipinski definition) is 1. The summed E-state index contributed by atoms with van der Waals surface area (Å²) in [5.74, 6) is -1.17. The summed E-state index contributed by atoms with van der Waals surface area (Å²) in [6.07, 6.45) is 2.76. The lowest BCUT2D eigenvalue weighted by Crippen LogP contribution is -2.08. The quantitative estimate of drug-likeness (QED) is 0.834. The number of nitrogens with two attached hydrogens (primary N) is 1. The predicted octanol–water partition coefficient (Wildman–Crippen LogP) is 2.69. The summed E-state index contributed by atoms with van der Waals surface area (Å²) < 4.78 is 13.5. The van der Waals surface area contributed by atoms with Crippen molar-refractivity contribution in [2.45, 2.75) is 0 Å². The Morgan fingerprint density at radius 3 is 2.76 bits per heavy atom. The number of carbonyl (C=O) groups is 1. The maximum atomic E-state index is 13.5. The molecule has 0 aliphatic carbocycles. The van der Waals surface area contributed by atoms with Gasteiger partial charge < -0.3 is 5.73 Å². The molecule has 0 aliphatic rings. The zero-order valence-electron chi connectivity index (χ0n) is 8.65. The first kappa shape index (κ1) is 11.5. The van der Waals surface area contributed by atoms with Gasteiger partial charge >= 0.3 is 0 Å². The number of nitrogens with zero attached hydrogens (tertiary/aromatic N) is 1. The molecule has 0 aliphatic heterocycles. The van der Waals surface area contributed by atoms with Crippen LogP contribution in [0.3, 0.4) is 0 Å². The van der Waals surface area contributed by atoms with E-state index >= 15 is 0 Å². The van der Waals surface area contributed by atoms with E-state index in [0.29, 0.717) is 0 Å². The molecule has 0 bridgehead atoms. The van der Waals surface area contributed by atoms with Crippen LogP contribution in [0.1, 0.15) is 15.9 Å². The minimum absolute atomic E-state index is 0.114. The number of aromatic nitrogens is 1. The van der Waals surface area contributed by atoms with Crippen LogP contribution in [0.2, 0.25) is 5.02 Å². The first-order valence-electron chi connectivity index (χ1n) is 4.79. The molecule has 0 fully saturated rings. The Morgan fingerprint density at radius 2 is 2.06 bits per heavy atom. The molecule has 0 radical (unpaired) electrons. The molecule has 2 aromatic rings. The lowest BCUT2D eigenvalue weighted by Gasteiger charge is -2.05. The lowest BCUT2D eigenvalue weighted by atomic mass is 10.0. The molecule has 2 N–H and O–H groups in total. The van der Waals surface area contributed by atoms with Crippen LogP contribution in [-0.2, 0) is 0 Å². The number of carbonyl (C=O) groups excluding carboxylic acids is 1. The number of rotatable bonds is 2. The third kappa shape index (κ3) is 2.26. The van der Waals surface area contributed by atoms with Crippen molar-refractivity contribution in [1.82, 2.24) is 4.98 Å². The number of anilines is 1. The molecule has 0 saturated heterocycles. The SMILES string of the molecule is Nc1ccncc1C(=O)c1cc(Cl)ccc1F. The van der Waals surface area contributed by atoms with Crippen LogP contribution in [0.4, 0.5) is 10.1 Å². The molecule has 2 rings (SSSR count). The molecule has 1 aromatic carbocycles. The average molecular weight is 251 g/mol. The van der Waals surface area contributed by atoms with Gasteiger partial charge in [-0.25, -0.2) is 4.39 Å². The van der Waals surface area contributed by atoms with Gasteiger partial charge in [-0.2, -0.15) is 0 Å². The van der Waals surface area contributed by atoms with Crippen molar-refractivity contribution in [3.8, 4) is 0 Å². The van der Waals surface area contributed by atoms with Gasteiger partial charge in [-0.1, -0.05) is 11.6 Å². The molecule has 86 valence electrons. The first-order chi connectivity index (χ1) is 8.09. The topological polar surface area (TPSA) is 56.0 Å². The van der Waals surface area contributed by atoms with Gasteiger partial charge in [0, 0.05) is 23.1 Å². The van der Waals surface area contributed by atoms with Crippen molar-refractivity contribution in [2.24, 2.45) is 0 Å². The molecule has 0 unspecified atom stereocenters. The molecule has 3 nitrogen and oxygen atoms in total. The number of benzene rings is 1. The van der Waals surface area contributed by atoms with Crippen molar-refractivity contribution < 1.29 is 9.18 Å². The third-order valence-corrected chi connectivity index (χ3v) is 2.51. The lowest BCUT2D eigenvalue weighted by molar-refractivity contribution is 0.103. The standard InChI is InChI=1S/C12H8ClFN2O/c13-7-1-2-10(14)8(5-7)12(17)9-6-16-4-3-11(9)15/h1-6H,(H2,15,16). The summed E-state index contributed by atoms with van der Waals surface area (Å²) in [4.78, 5) is 15.8. The van der Waals surface area contributed by atoms with E-state index in [-0.39, 0.29) is 21.8 Å². The van der Waals surface area contributed by atoms with Gasteiger partial charge in [0.15, 0.2) is 5.78 Å². The molecular weight excluding hydrogens is 243 g/mol. The van der Waals surface area contributed by atoms with Crippen LogP contribution in [0.25, 0.3) is 0 Å². The number of hydrogen-bond acceptors (Lipinski definition) is 3. The molecular formula is C12H8ClFN2O. The number of pyridine rings is 1. The van der Waals surface area contributed by atoms with Crippen LogP contribution in [0.5, 0.6) is 0 Å². The Hall–Kier alpha value is -1.94. The number of halogens is 2. The minimum Gasteiger partial charge on any atom is -0.398 e. The monoisotopic (exact) mass is 250 g/mol. The van der Waals surface area contributed by atoms with Crippen molar-refractivity contribution in [3.63, 3.8) is 0 Å². The Balaban J connectivity index is 2.51. The first-order valence-corrected chi connectivity index (χ1v) is 5.16. The highest BCUT2D eigenvalue weighted by atomic mass is 35.5. The van der Waals surface area contributed by atoms with Gasteiger partial charge in [0.1, 0.15) is 5.82 Å². The zero-order chi connectivity index (χ0) is 12.4. The van der Waals surface area contributed by atoms with Gasteiger partial charge in [0.2, 0.25) is 0 Å². The number of ketones is 1. The van der Waals surface area contributed by atoms with E-state index in [1.54, 1.807) is 0 Å². The van der Waals surface area contributed by atoms with Crippen molar-refractivity contribution >= 4 is 23.1 Å². The maximum absolute atomic E-state index is 13.5. The van der Waals surface area contributed by atoms with Crippen LogP contribution < -0.4 is 5.73 Å². The Bertz CT molecular complexity index is 586. The minimum atomic E-state index is -0.636. The fourth-order valence-electron chi connectivity index (χ4n) is 1.41. The van der Waals surface area contributed by atoms with Crippen LogP contribution in [0.15, 0.2) is 36.7 Å². The predicted molar refractivity (Wildman–Crippen MR) is 63.5 cm³/mol. The van der Waals surface area contributed by atoms with Gasteiger partial charge in [-0.15, -0.1) is 0 Å². The normalized spacial score (nSPS) is 10.2. The maximum Gasteiger partial charge on any atom is 0.199 e. The zero-order valence-corrected chi connectivity index (χ0v) is 9.41. The highest BCUT2D eigenvalue weighted by molar-refractivity contribution is 6.31. The summed E-state index contributed by atoms with van der Waals surface area (Å²) in [6, 6.07) is 5.27. The molecule has 17 heavy (non-hydrogen) atoms. The average Bonchev–Trinajstić information content (AvgIpc) is 2.32. The highest BCUT2D eigenvalue weighted by Crippen LogP contribution is 2.20. The fourth-order valence-corrected chi connectivity index (χ4v) is 1.58. The fraction of sp³-hybridized carbons (Fsp3) is 0. The van der Waals surface area contributed by atoms with Crippen LogP contribution in [-0.4, -0.2) is 10.8 Å². The molecule has 1 aromatic heterocycles. The molecule has 0 amide bonds. The summed E-state index contributed by atoms with van der Waals surface area (Å²) in [7, 11) is 0. The van der Waals surface area contributed by atoms with E-state index in [9.17, 15) is 9.18 Å². The smallest absolute Gasteiger partial charge is 0.199 e. The van der Waals surface area contributed by atoms with Gasteiger partial charge in [-0.3, -0.25) is 9.78 Å². The Kier molecular flexibility index (Phi) is 3.06. The van der Waals surface area contributed by atoms with Gasteiger partial charge in [-0.05, 0) is 24.3 Å². The molecule has 0 saturated carbocycles. The second kappa shape index (κ2) is 4.51.